The van der Waals surface area contributed by atoms with Gasteiger partial charge in [-0.3, -0.25) is 0 Å². The summed E-state index contributed by atoms with van der Waals surface area (Å²) in [5, 5.41) is 0. The Morgan fingerprint density at radius 1 is 0.688 bits per heavy atom. The molecule has 0 atom stereocenters. The number of rotatable bonds is 9. The monoisotopic (exact) mass is 438 g/mol. The van der Waals surface area contributed by atoms with E-state index in [4.69, 9.17) is 18.9 Å². The van der Waals surface area contributed by atoms with Gasteiger partial charge >= 0.3 is 0 Å². The zero-order valence-electron chi connectivity index (χ0n) is 20.6. The molecule has 2 fully saturated rings. The van der Waals surface area contributed by atoms with Crippen LogP contribution < -0.4 is 9.47 Å². The molecule has 4 rings (SSSR count). The Hall–Kier alpha value is -2.04. The topological polar surface area (TPSA) is 36.9 Å². The number of hydrogen-bond acceptors (Lipinski definition) is 4. The summed E-state index contributed by atoms with van der Waals surface area (Å²) in [5.74, 6) is 1.96. The minimum Gasteiger partial charge on any atom is -0.493 e. The predicted molar refractivity (Wildman–Crippen MR) is 129 cm³/mol. The summed E-state index contributed by atoms with van der Waals surface area (Å²) < 4.78 is 23.4. The molecule has 0 saturated carbocycles. The molecule has 0 amide bonds. The summed E-state index contributed by atoms with van der Waals surface area (Å²) in [6.45, 7) is 17.9. The van der Waals surface area contributed by atoms with E-state index in [0.717, 1.165) is 64.0 Å². The quantitative estimate of drug-likeness (QED) is 0.467. The van der Waals surface area contributed by atoms with E-state index in [-0.39, 0.29) is 10.8 Å². The first-order valence-corrected chi connectivity index (χ1v) is 12.0. The predicted octanol–water partition coefficient (Wildman–Crippen LogP) is 6.20. The largest absolute Gasteiger partial charge is 0.493 e. The van der Waals surface area contributed by atoms with E-state index in [0.29, 0.717) is 0 Å². The highest BCUT2D eigenvalue weighted by atomic mass is 16.5. The molecule has 0 aromatic heterocycles. The van der Waals surface area contributed by atoms with Crippen LogP contribution in [0.5, 0.6) is 11.5 Å². The highest BCUT2D eigenvalue weighted by Gasteiger charge is 2.38. The molecule has 2 aliphatic rings. The van der Waals surface area contributed by atoms with Gasteiger partial charge in [0.25, 0.3) is 0 Å². The first-order chi connectivity index (χ1) is 15.3. The van der Waals surface area contributed by atoms with Crippen molar-refractivity contribution < 1.29 is 18.9 Å². The lowest BCUT2D eigenvalue weighted by Gasteiger charge is -2.40. The van der Waals surface area contributed by atoms with Gasteiger partial charge in [-0.15, -0.1) is 0 Å². The Morgan fingerprint density at radius 2 is 1.16 bits per heavy atom. The third kappa shape index (κ3) is 4.15. The van der Waals surface area contributed by atoms with Gasteiger partial charge in [-0.05, 0) is 86.1 Å². The van der Waals surface area contributed by atoms with Crippen molar-refractivity contribution in [3.63, 3.8) is 0 Å². The average Bonchev–Trinajstić information content (AvgIpc) is 2.74. The van der Waals surface area contributed by atoms with Crippen molar-refractivity contribution in [3.8, 4) is 22.6 Å². The van der Waals surface area contributed by atoms with Crippen LogP contribution in [0, 0.1) is 38.5 Å². The van der Waals surface area contributed by atoms with E-state index in [9.17, 15) is 0 Å². The van der Waals surface area contributed by atoms with Gasteiger partial charge < -0.3 is 18.9 Å². The maximum Gasteiger partial charge on any atom is 0.125 e. The lowest BCUT2D eigenvalue weighted by molar-refractivity contribution is -0.133. The van der Waals surface area contributed by atoms with Crippen LogP contribution in [0.4, 0.5) is 0 Å². The lowest BCUT2D eigenvalue weighted by atomic mass is 9.84. The van der Waals surface area contributed by atoms with Gasteiger partial charge in [0.1, 0.15) is 11.5 Å². The van der Waals surface area contributed by atoms with E-state index in [2.05, 4.69) is 65.8 Å². The van der Waals surface area contributed by atoms with Crippen LogP contribution in [0.3, 0.4) is 0 Å². The van der Waals surface area contributed by atoms with Crippen molar-refractivity contribution in [2.75, 3.05) is 39.6 Å². The zero-order valence-corrected chi connectivity index (χ0v) is 20.6. The van der Waals surface area contributed by atoms with Gasteiger partial charge in [0.05, 0.1) is 50.5 Å². The SMILES string of the molecule is CCC1(COc2ccc(-c3c(C)c(C)c(OCC4(CC)COC4)c(C)c3C)cc2)COC1. The van der Waals surface area contributed by atoms with Crippen molar-refractivity contribution in [1.82, 2.24) is 0 Å². The third-order valence-electron chi connectivity index (χ3n) is 7.90. The van der Waals surface area contributed by atoms with Gasteiger partial charge in [-0.25, -0.2) is 0 Å². The number of benzene rings is 2. The lowest BCUT2D eigenvalue weighted by Crippen LogP contribution is -2.46. The van der Waals surface area contributed by atoms with Crippen molar-refractivity contribution >= 4 is 0 Å². The zero-order chi connectivity index (χ0) is 22.9. The molecule has 2 aliphatic heterocycles. The Bertz CT molecular complexity index is 912. The molecular formula is C28H38O4. The summed E-state index contributed by atoms with van der Waals surface area (Å²) in [6, 6.07) is 8.54. The fourth-order valence-corrected chi connectivity index (χ4v) is 4.67. The second-order valence-corrected chi connectivity index (χ2v) is 10.00. The Morgan fingerprint density at radius 3 is 1.56 bits per heavy atom. The molecule has 0 unspecified atom stereocenters. The normalized spacial score (nSPS) is 18.6. The second kappa shape index (κ2) is 9.07. The van der Waals surface area contributed by atoms with E-state index < -0.39 is 0 Å². The summed E-state index contributed by atoms with van der Waals surface area (Å²) >= 11 is 0. The van der Waals surface area contributed by atoms with E-state index in [1.54, 1.807) is 0 Å². The summed E-state index contributed by atoms with van der Waals surface area (Å²) in [5.41, 5.74) is 7.91. The van der Waals surface area contributed by atoms with Crippen LogP contribution in [0.2, 0.25) is 0 Å². The van der Waals surface area contributed by atoms with Crippen molar-refractivity contribution in [3.05, 3.63) is 46.5 Å². The Kier molecular flexibility index (Phi) is 6.56. The standard InChI is InChI=1S/C28H38O4/c1-7-27(13-29-14-27)17-31-24-11-9-23(10-12-24)25-19(3)21(5)26(22(6)20(25)4)32-18-28(8-2)15-30-16-28/h9-12H,7-8,13-18H2,1-6H3. The number of ether oxygens (including phenoxy) is 4. The van der Waals surface area contributed by atoms with Crippen LogP contribution in [0.15, 0.2) is 24.3 Å². The number of hydrogen-bond donors (Lipinski definition) is 0. The first kappa shape index (κ1) is 23.1. The van der Waals surface area contributed by atoms with Gasteiger partial charge in [-0.1, -0.05) is 26.0 Å². The minimum absolute atomic E-state index is 0.178. The molecule has 2 aromatic rings. The molecule has 0 aliphatic carbocycles. The fraction of sp³-hybridized carbons (Fsp3) is 0.571. The fourth-order valence-electron chi connectivity index (χ4n) is 4.67. The highest BCUT2D eigenvalue weighted by molar-refractivity contribution is 5.76. The molecule has 0 bridgehead atoms. The van der Waals surface area contributed by atoms with E-state index >= 15 is 0 Å². The molecule has 2 saturated heterocycles. The van der Waals surface area contributed by atoms with Gasteiger partial charge in [0.2, 0.25) is 0 Å². The summed E-state index contributed by atoms with van der Waals surface area (Å²) in [7, 11) is 0. The smallest absolute Gasteiger partial charge is 0.125 e. The molecule has 32 heavy (non-hydrogen) atoms. The highest BCUT2D eigenvalue weighted by Crippen LogP contribution is 2.40. The van der Waals surface area contributed by atoms with Gasteiger partial charge in [-0.2, -0.15) is 0 Å². The van der Waals surface area contributed by atoms with Gasteiger partial charge in [0.15, 0.2) is 0 Å². The van der Waals surface area contributed by atoms with Gasteiger partial charge in [0, 0.05) is 0 Å². The first-order valence-electron chi connectivity index (χ1n) is 12.0. The Labute approximate surface area is 193 Å². The third-order valence-corrected chi connectivity index (χ3v) is 7.90. The molecular weight excluding hydrogens is 400 g/mol. The summed E-state index contributed by atoms with van der Waals surface area (Å²) in [6.07, 6.45) is 2.17. The van der Waals surface area contributed by atoms with Crippen LogP contribution in [0.1, 0.15) is 48.9 Å². The molecule has 0 spiro atoms. The molecule has 0 radical (unpaired) electrons. The molecule has 4 nitrogen and oxygen atoms in total. The second-order valence-electron chi connectivity index (χ2n) is 10.00. The molecule has 0 N–H and O–H groups in total. The maximum absolute atomic E-state index is 6.42. The van der Waals surface area contributed by atoms with E-state index in [1.165, 1.54) is 33.4 Å². The average molecular weight is 439 g/mol. The van der Waals surface area contributed by atoms with Crippen LogP contribution >= 0.6 is 0 Å². The molecule has 2 aromatic carbocycles. The molecule has 4 heteroatoms. The maximum atomic E-state index is 6.42. The van der Waals surface area contributed by atoms with Crippen LogP contribution in [-0.2, 0) is 9.47 Å². The molecule has 2 heterocycles. The summed E-state index contributed by atoms with van der Waals surface area (Å²) in [4.78, 5) is 0. The minimum atomic E-state index is 0.178. The van der Waals surface area contributed by atoms with E-state index in [1.807, 2.05) is 0 Å². The Balaban J connectivity index is 1.53. The van der Waals surface area contributed by atoms with Crippen molar-refractivity contribution in [1.29, 1.82) is 0 Å². The van der Waals surface area contributed by atoms with Crippen molar-refractivity contribution in [2.45, 2.75) is 54.4 Å². The van der Waals surface area contributed by atoms with Crippen molar-refractivity contribution in [2.24, 2.45) is 10.8 Å². The molecule has 174 valence electrons. The van der Waals surface area contributed by atoms with Crippen LogP contribution in [0.25, 0.3) is 11.1 Å². The van der Waals surface area contributed by atoms with Crippen LogP contribution in [-0.4, -0.2) is 39.6 Å².